The van der Waals surface area contributed by atoms with Gasteiger partial charge in [-0.05, 0) is 39.9 Å². The number of hydrogen-bond acceptors (Lipinski definition) is 4. The van der Waals surface area contributed by atoms with Gasteiger partial charge in [-0.1, -0.05) is 6.92 Å². The van der Waals surface area contributed by atoms with Crippen LogP contribution < -0.4 is 0 Å². The van der Waals surface area contributed by atoms with Crippen LogP contribution in [-0.4, -0.2) is 20.7 Å². The fraction of sp³-hybridized carbons (Fsp3) is 0.250. The molecule has 1 aliphatic heterocycles. The summed E-state index contributed by atoms with van der Waals surface area (Å²) in [5, 5.41) is 0. The molecule has 3 heterocycles. The molecule has 2 aromatic heterocycles. The average Bonchev–Trinajstić information content (AvgIpc) is 3.02. The number of hydrogen-bond donors (Lipinski definition) is 1. The molecule has 0 aliphatic carbocycles. The fourth-order valence-corrected chi connectivity index (χ4v) is 4.08. The molecule has 136 valence electrons. The number of aromatic amines is 1. The van der Waals surface area contributed by atoms with Crippen molar-refractivity contribution in [1.29, 1.82) is 0 Å². The Kier molecular flexibility index (Phi) is 4.05. The van der Waals surface area contributed by atoms with Crippen LogP contribution in [0.25, 0.3) is 22.6 Å². The van der Waals surface area contributed by atoms with E-state index in [1.165, 1.54) is 11.8 Å². The van der Waals surface area contributed by atoms with Gasteiger partial charge in [-0.25, -0.2) is 9.72 Å². The van der Waals surface area contributed by atoms with Crippen molar-refractivity contribution in [1.82, 2.24) is 15.0 Å². The van der Waals surface area contributed by atoms with Crippen LogP contribution in [0.15, 0.2) is 33.8 Å². The van der Waals surface area contributed by atoms with Gasteiger partial charge in [-0.3, -0.25) is 4.98 Å². The minimum Gasteiger partial charge on any atom is -0.337 e. The maximum absolute atomic E-state index is 13.7. The lowest BCUT2D eigenvalue weighted by Gasteiger charge is -2.10. The monoisotopic (exact) mass is 447 g/mol. The Balaban J connectivity index is 1.89. The number of benzene rings is 1. The lowest BCUT2D eigenvalue weighted by molar-refractivity contribution is -0.369. The topological polar surface area (TPSA) is 50.8 Å². The number of nitrogens with one attached hydrogen (secondary N) is 1. The van der Waals surface area contributed by atoms with Gasteiger partial charge < -0.3 is 4.98 Å². The molecule has 0 unspecified atom stereocenters. The number of nitrogens with zero attached hydrogens (tertiary/aromatic N) is 2. The maximum atomic E-state index is 13.7. The van der Waals surface area contributed by atoms with Crippen molar-refractivity contribution in [2.45, 2.75) is 24.0 Å². The minimum atomic E-state index is -4.06. The first-order valence-corrected chi connectivity index (χ1v) is 9.28. The quantitative estimate of drug-likeness (QED) is 0.417. The van der Waals surface area contributed by atoms with Gasteiger partial charge >= 0.3 is 12.2 Å². The van der Waals surface area contributed by atoms with Crippen molar-refractivity contribution < 1.29 is 22.3 Å². The molecule has 3 aromatic rings. The van der Waals surface area contributed by atoms with Gasteiger partial charge in [0, 0.05) is 15.6 Å². The second-order valence-corrected chi connectivity index (χ2v) is 7.79. The van der Waals surface area contributed by atoms with Crippen LogP contribution in [-0.2, 0) is 17.0 Å². The van der Waals surface area contributed by atoms with Crippen molar-refractivity contribution in [3.63, 3.8) is 0 Å². The normalized spacial score (nSPS) is 17.6. The van der Waals surface area contributed by atoms with Gasteiger partial charge in [0.2, 0.25) is 0 Å². The number of halogens is 5. The molecule has 0 atom stereocenters. The summed E-state index contributed by atoms with van der Waals surface area (Å²) in [5.41, 5.74) is -0.878. The smallest absolute Gasteiger partial charge is 0.337 e. The standard InChI is InChI=1S/C16H10BrF4N3OS/c1-2-26-12-3-7(17)6-22-13(12)14-23-10-4-8-9(5-11(10)24-14)16(20,21)25-15(8,18)19/h3-6H,2H2,1H3,(H,23,24). The highest BCUT2D eigenvalue weighted by molar-refractivity contribution is 9.10. The molecule has 0 saturated heterocycles. The third kappa shape index (κ3) is 2.80. The largest absolute Gasteiger partial charge is 0.388 e. The summed E-state index contributed by atoms with van der Waals surface area (Å²) in [5.74, 6) is 1.11. The van der Waals surface area contributed by atoms with E-state index in [4.69, 9.17) is 0 Å². The predicted molar refractivity (Wildman–Crippen MR) is 92.3 cm³/mol. The van der Waals surface area contributed by atoms with Crippen molar-refractivity contribution >= 4 is 38.7 Å². The predicted octanol–water partition coefficient (Wildman–Crippen LogP) is 5.63. The number of rotatable bonds is 3. The Morgan fingerprint density at radius 3 is 2.54 bits per heavy atom. The van der Waals surface area contributed by atoms with Gasteiger partial charge in [0.1, 0.15) is 5.69 Å². The second kappa shape index (κ2) is 5.93. The van der Waals surface area contributed by atoms with E-state index in [-0.39, 0.29) is 11.0 Å². The summed E-state index contributed by atoms with van der Waals surface area (Å²) in [6.07, 6.45) is -6.54. The number of ether oxygens (including phenoxy) is 1. The molecule has 26 heavy (non-hydrogen) atoms. The van der Waals surface area contributed by atoms with Crippen LogP contribution in [0.1, 0.15) is 18.1 Å². The molecule has 0 radical (unpaired) electrons. The number of H-pyrrole nitrogens is 1. The molecule has 0 fully saturated rings. The molecule has 0 amide bonds. The third-order valence-corrected chi connectivity index (χ3v) is 5.19. The van der Waals surface area contributed by atoms with Crippen molar-refractivity contribution in [2.75, 3.05) is 5.75 Å². The summed E-state index contributed by atoms with van der Waals surface area (Å²) >= 11 is 4.88. The van der Waals surface area contributed by atoms with E-state index in [2.05, 4.69) is 35.6 Å². The zero-order valence-corrected chi connectivity index (χ0v) is 15.5. The number of thioether (sulfide) groups is 1. The zero-order valence-electron chi connectivity index (χ0n) is 13.1. The Hall–Kier alpha value is -1.65. The van der Waals surface area contributed by atoms with Gasteiger partial charge in [0.15, 0.2) is 5.82 Å². The van der Waals surface area contributed by atoms with Crippen molar-refractivity contribution in [3.05, 3.63) is 40.0 Å². The second-order valence-electron chi connectivity index (χ2n) is 5.57. The first-order valence-electron chi connectivity index (χ1n) is 7.50. The highest BCUT2D eigenvalue weighted by Gasteiger charge is 2.57. The van der Waals surface area contributed by atoms with E-state index in [0.29, 0.717) is 11.5 Å². The van der Waals surface area contributed by atoms with E-state index in [1.54, 1.807) is 6.20 Å². The van der Waals surface area contributed by atoms with Crippen LogP contribution in [0.2, 0.25) is 0 Å². The van der Waals surface area contributed by atoms with Gasteiger partial charge in [-0.2, -0.15) is 17.6 Å². The number of pyridine rings is 1. The van der Waals surface area contributed by atoms with Crippen LogP contribution >= 0.6 is 27.7 Å². The number of aromatic nitrogens is 3. The molecule has 4 nitrogen and oxygen atoms in total. The number of fused-ring (bicyclic) bond motifs is 2. The SMILES string of the molecule is CCSc1cc(Br)cnc1-c1nc2cc3c(cc2[nH]1)C(F)(F)OC3(F)F. The minimum absolute atomic E-state index is 0.136. The van der Waals surface area contributed by atoms with Crippen LogP contribution in [0.5, 0.6) is 0 Å². The zero-order chi connectivity index (χ0) is 18.7. The summed E-state index contributed by atoms with van der Waals surface area (Å²) < 4.78 is 59.3. The molecule has 0 bridgehead atoms. The molecule has 0 spiro atoms. The van der Waals surface area contributed by atoms with E-state index < -0.39 is 23.3 Å². The summed E-state index contributed by atoms with van der Waals surface area (Å²) in [6, 6.07) is 3.74. The first-order chi connectivity index (χ1) is 12.2. The van der Waals surface area contributed by atoms with Gasteiger partial charge in [0.25, 0.3) is 0 Å². The van der Waals surface area contributed by atoms with Crippen molar-refractivity contribution in [3.8, 4) is 11.5 Å². The van der Waals surface area contributed by atoms with E-state index in [1.807, 2.05) is 13.0 Å². The molecular formula is C16H10BrF4N3OS. The highest BCUT2D eigenvalue weighted by Crippen LogP contribution is 2.51. The Bertz CT molecular complexity index is 973. The first kappa shape index (κ1) is 17.7. The van der Waals surface area contributed by atoms with Crippen LogP contribution in [0.3, 0.4) is 0 Å². The Morgan fingerprint density at radius 2 is 1.85 bits per heavy atom. The highest BCUT2D eigenvalue weighted by atomic mass is 79.9. The molecule has 1 aromatic carbocycles. The molecule has 4 rings (SSSR count). The molecule has 1 aliphatic rings. The molecule has 1 N–H and O–H groups in total. The summed E-state index contributed by atoms with van der Waals surface area (Å²) in [7, 11) is 0. The maximum Gasteiger partial charge on any atom is 0.388 e. The third-order valence-electron chi connectivity index (χ3n) is 3.85. The Labute approximate surface area is 157 Å². The Morgan fingerprint density at radius 1 is 1.15 bits per heavy atom. The number of alkyl halides is 4. The average molecular weight is 448 g/mol. The van der Waals surface area contributed by atoms with Crippen LogP contribution in [0, 0.1) is 0 Å². The molecular weight excluding hydrogens is 438 g/mol. The lowest BCUT2D eigenvalue weighted by atomic mass is 10.1. The fourth-order valence-electron chi connectivity index (χ4n) is 2.79. The van der Waals surface area contributed by atoms with Crippen molar-refractivity contribution in [2.24, 2.45) is 0 Å². The van der Waals surface area contributed by atoms with Gasteiger partial charge in [0.05, 0.1) is 22.2 Å². The lowest BCUT2D eigenvalue weighted by Crippen LogP contribution is -2.17. The molecule has 0 saturated carbocycles. The summed E-state index contributed by atoms with van der Waals surface area (Å²) in [6.45, 7) is 1.97. The van der Waals surface area contributed by atoms with Crippen LogP contribution in [0.4, 0.5) is 17.6 Å². The van der Waals surface area contributed by atoms with E-state index in [9.17, 15) is 17.6 Å². The molecule has 10 heteroatoms. The van der Waals surface area contributed by atoms with E-state index in [0.717, 1.165) is 27.3 Å². The van der Waals surface area contributed by atoms with E-state index >= 15 is 0 Å². The number of imidazole rings is 1. The summed E-state index contributed by atoms with van der Waals surface area (Å²) in [4.78, 5) is 12.3. The van der Waals surface area contributed by atoms with Gasteiger partial charge in [-0.15, -0.1) is 11.8 Å².